The maximum atomic E-state index is 2.51. The van der Waals surface area contributed by atoms with Gasteiger partial charge in [-0.2, -0.15) is 0 Å². The average Bonchev–Trinajstić information content (AvgIpc) is 3.59. The first-order valence-electron chi connectivity index (χ1n) is 19.3. The Morgan fingerprint density at radius 2 is 0.745 bits per heavy atom. The highest BCUT2D eigenvalue weighted by Crippen LogP contribution is 2.50. The Hall–Kier alpha value is -6.96. The standard InChI is InChI=1S/C54H37N/c1-2-35-29-31-43-47(33-35)51(37-19-7-4-8-20-37)48-34-38(36-17-5-3-6-18-36)30-32-44(48)53(43)52-41-23-9-11-25-45(41)54(46-26-12-10-24-42(46)52)55-49-27-15-13-21-39(49)40-22-14-16-28-50(40)55/h3-34H,2H2,1H3. The van der Waals surface area contributed by atoms with Crippen LogP contribution in [0.15, 0.2) is 194 Å². The van der Waals surface area contributed by atoms with Gasteiger partial charge in [0.25, 0.3) is 0 Å². The van der Waals surface area contributed by atoms with Crippen molar-refractivity contribution < 1.29 is 0 Å². The van der Waals surface area contributed by atoms with Gasteiger partial charge in [-0.1, -0.05) is 183 Å². The Bertz CT molecular complexity index is 3170. The molecule has 0 unspecified atom stereocenters. The molecule has 0 saturated heterocycles. The Morgan fingerprint density at radius 3 is 1.31 bits per heavy atom. The van der Waals surface area contributed by atoms with E-state index in [4.69, 9.17) is 0 Å². The van der Waals surface area contributed by atoms with Crippen LogP contribution in [-0.4, -0.2) is 4.57 Å². The lowest BCUT2D eigenvalue weighted by Gasteiger charge is -2.23. The van der Waals surface area contributed by atoms with E-state index < -0.39 is 0 Å². The quantitative estimate of drug-likeness (QED) is 0.158. The van der Waals surface area contributed by atoms with Crippen molar-refractivity contribution in [2.75, 3.05) is 0 Å². The summed E-state index contributed by atoms with van der Waals surface area (Å²) in [7, 11) is 0. The molecule has 0 aliphatic carbocycles. The van der Waals surface area contributed by atoms with Crippen molar-refractivity contribution in [1.29, 1.82) is 0 Å². The third kappa shape index (κ3) is 4.80. The first kappa shape index (κ1) is 31.6. The molecule has 0 amide bonds. The molecule has 0 N–H and O–H groups in total. The fourth-order valence-corrected chi connectivity index (χ4v) is 9.27. The number of fused-ring (bicyclic) bond motifs is 7. The van der Waals surface area contributed by atoms with Crippen molar-refractivity contribution in [2.24, 2.45) is 0 Å². The zero-order valence-electron chi connectivity index (χ0n) is 30.6. The number of aryl methyl sites for hydroxylation is 1. The van der Waals surface area contributed by atoms with Gasteiger partial charge in [-0.15, -0.1) is 0 Å². The molecule has 1 aromatic heterocycles. The average molecular weight is 700 g/mol. The van der Waals surface area contributed by atoms with Crippen LogP contribution in [0.1, 0.15) is 12.5 Å². The molecule has 0 aliphatic heterocycles. The molecule has 1 heteroatoms. The van der Waals surface area contributed by atoms with E-state index in [0.29, 0.717) is 0 Å². The normalized spacial score (nSPS) is 11.8. The molecule has 258 valence electrons. The largest absolute Gasteiger partial charge is 0.308 e. The highest BCUT2D eigenvalue weighted by molar-refractivity contribution is 6.29. The molecule has 11 rings (SSSR count). The number of hydrogen-bond acceptors (Lipinski definition) is 0. The molecule has 0 radical (unpaired) electrons. The zero-order chi connectivity index (χ0) is 36.5. The van der Waals surface area contributed by atoms with E-state index >= 15 is 0 Å². The van der Waals surface area contributed by atoms with Gasteiger partial charge < -0.3 is 4.57 Å². The molecule has 1 nitrogen and oxygen atoms in total. The summed E-state index contributed by atoms with van der Waals surface area (Å²) < 4.78 is 2.51. The number of rotatable bonds is 5. The molecule has 10 aromatic carbocycles. The van der Waals surface area contributed by atoms with Crippen LogP contribution < -0.4 is 0 Å². The maximum Gasteiger partial charge on any atom is 0.0619 e. The van der Waals surface area contributed by atoms with Crippen LogP contribution in [0.2, 0.25) is 0 Å². The Morgan fingerprint density at radius 1 is 0.309 bits per heavy atom. The number of nitrogens with zero attached hydrogens (tertiary/aromatic N) is 1. The number of para-hydroxylation sites is 2. The van der Waals surface area contributed by atoms with Gasteiger partial charge in [0.1, 0.15) is 0 Å². The maximum absolute atomic E-state index is 2.51. The minimum atomic E-state index is 0.973. The van der Waals surface area contributed by atoms with Gasteiger partial charge >= 0.3 is 0 Å². The first-order chi connectivity index (χ1) is 27.3. The van der Waals surface area contributed by atoms with Crippen LogP contribution in [0.25, 0.3) is 104 Å². The number of aromatic nitrogens is 1. The zero-order valence-corrected chi connectivity index (χ0v) is 30.6. The molecule has 0 saturated carbocycles. The molecule has 0 spiro atoms. The third-order valence-electron chi connectivity index (χ3n) is 11.7. The highest BCUT2D eigenvalue weighted by Gasteiger charge is 2.24. The summed E-state index contributed by atoms with van der Waals surface area (Å²) in [4.78, 5) is 0. The van der Waals surface area contributed by atoms with Crippen LogP contribution in [0, 0.1) is 0 Å². The summed E-state index contributed by atoms with van der Waals surface area (Å²) in [5, 5.41) is 12.6. The van der Waals surface area contributed by atoms with Crippen molar-refractivity contribution in [3.63, 3.8) is 0 Å². The van der Waals surface area contributed by atoms with E-state index in [0.717, 1.165) is 6.42 Å². The molecule has 55 heavy (non-hydrogen) atoms. The molecule has 0 fully saturated rings. The van der Waals surface area contributed by atoms with E-state index in [1.54, 1.807) is 0 Å². The Kier molecular flexibility index (Phi) is 7.22. The van der Waals surface area contributed by atoms with Crippen LogP contribution >= 0.6 is 0 Å². The van der Waals surface area contributed by atoms with Crippen LogP contribution in [0.5, 0.6) is 0 Å². The van der Waals surface area contributed by atoms with Gasteiger partial charge in [0, 0.05) is 21.5 Å². The molecular weight excluding hydrogens is 663 g/mol. The van der Waals surface area contributed by atoms with Crippen LogP contribution in [0.4, 0.5) is 0 Å². The summed E-state index contributed by atoms with van der Waals surface area (Å²) in [5.41, 5.74) is 12.5. The number of benzene rings is 10. The molecule has 1 heterocycles. The van der Waals surface area contributed by atoms with Gasteiger partial charge in [0.05, 0.1) is 16.7 Å². The van der Waals surface area contributed by atoms with Crippen LogP contribution in [-0.2, 0) is 6.42 Å². The third-order valence-corrected chi connectivity index (χ3v) is 11.7. The lowest BCUT2D eigenvalue weighted by Crippen LogP contribution is -2.00. The molecule has 0 bridgehead atoms. The van der Waals surface area contributed by atoms with Crippen molar-refractivity contribution in [3.05, 3.63) is 200 Å². The minimum absolute atomic E-state index is 0.973. The summed E-state index contributed by atoms with van der Waals surface area (Å²) >= 11 is 0. The van der Waals surface area contributed by atoms with Crippen molar-refractivity contribution >= 4 is 64.9 Å². The molecule has 0 atom stereocenters. The second kappa shape index (κ2) is 12.6. The van der Waals surface area contributed by atoms with E-state index in [1.807, 2.05) is 0 Å². The highest BCUT2D eigenvalue weighted by atomic mass is 15.0. The Balaban J connectivity index is 1.35. The smallest absolute Gasteiger partial charge is 0.0619 e. The fourth-order valence-electron chi connectivity index (χ4n) is 9.27. The van der Waals surface area contributed by atoms with E-state index in [2.05, 4.69) is 206 Å². The van der Waals surface area contributed by atoms with Crippen molar-refractivity contribution in [3.8, 4) is 39.1 Å². The minimum Gasteiger partial charge on any atom is -0.308 e. The first-order valence-corrected chi connectivity index (χ1v) is 19.3. The predicted molar refractivity (Wildman–Crippen MR) is 236 cm³/mol. The topological polar surface area (TPSA) is 4.93 Å². The van der Waals surface area contributed by atoms with Gasteiger partial charge in [0.2, 0.25) is 0 Å². The van der Waals surface area contributed by atoms with Gasteiger partial charge in [-0.25, -0.2) is 0 Å². The van der Waals surface area contributed by atoms with Crippen molar-refractivity contribution in [1.82, 2.24) is 4.57 Å². The lowest BCUT2D eigenvalue weighted by atomic mass is 9.81. The fraction of sp³-hybridized carbons (Fsp3) is 0.0370. The SMILES string of the molecule is CCc1ccc2c(-c3c4ccccc4c(-n4c5ccccc5c5ccccc54)c4ccccc34)c3ccc(-c4ccccc4)cc3c(-c3ccccc3)c2c1. The Labute approximate surface area is 320 Å². The van der Waals surface area contributed by atoms with Gasteiger partial charge in [-0.3, -0.25) is 0 Å². The lowest BCUT2D eigenvalue weighted by molar-refractivity contribution is 1.15. The summed E-state index contributed by atoms with van der Waals surface area (Å²) in [6.45, 7) is 2.26. The molecular formula is C54H37N. The van der Waals surface area contributed by atoms with E-state index in [1.165, 1.54) is 110 Å². The summed E-state index contributed by atoms with van der Waals surface area (Å²) in [5.74, 6) is 0. The summed E-state index contributed by atoms with van der Waals surface area (Å²) in [6, 6.07) is 72.0. The molecule has 0 aliphatic rings. The summed E-state index contributed by atoms with van der Waals surface area (Å²) in [6.07, 6.45) is 0.973. The van der Waals surface area contributed by atoms with Gasteiger partial charge in [-0.05, 0) is 95.9 Å². The van der Waals surface area contributed by atoms with Crippen LogP contribution in [0.3, 0.4) is 0 Å². The second-order valence-corrected chi connectivity index (χ2v) is 14.7. The van der Waals surface area contributed by atoms with E-state index in [-0.39, 0.29) is 0 Å². The molecule has 11 aromatic rings. The second-order valence-electron chi connectivity index (χ2n) is 14.7. The predicted octanol–water partition coefficient (Wildman–Crippen LogP) is 15.0. The van der Waals surface area contributed by atoms with Crippen molar-refractivity contribution in [2.45, 2.75) is 13.3 Å². The van der Waals surface area contributed by atoms with E-state index in [9.17, 15) is 0 Å². The monoisotopic (exact) mass is 699 g/mol. The number of hydrogen-bond donors (Lipinski definition) is 0. The van der Waals surface area contributed by atoms with Gasteiger partial charge in [0.15, 0.2) is 0 Å².